The van der Waals surface area contributed by atoms with Crippen molar-refractivity contribution in [3.05, 3.63) is 63.4 Å². The van der Waals surface area contributed by atoms with Crippen molar-refractivity contribution in [3.63, 3.8) is 0 Å². The standard InChI is InChI=1S/C14H9Cl2FN2O2/c15-7-1-3-9(11(16)5-7)14(21)19-8-2-4-12(17)10(6-8)13(18)20/h1-6H,(H2,18,20)(H,19,21). The van der Waals surface area contributed by atoms with Crippen LogP contribution in [0.3, 0.4) is 0 Å². The summed E-state index contributed by atoms with van der Waals surface area (Å²) < 4.78 is 13.3. The Morgan fingerprint density at radius 2 is 1.76 bits per heavy atom. The molecule has 0 spiro atoms. The van der Waals surface area contributed by atoms with Gasteiger partial charge in [-0.05, 0) is 36.4 Å². The first-order valence-electron chi connectivity index (χ1n) is 5.74. The lowest BCUT2D eigenvalue weighted by Gasteiger charge is -2.08. The van der Waals surface area contributed by atoms with Gasteiger partial charge in [0, 0.05) is 10.7 Å². The number of nitrogens with one attached hydrogen (secondary N) is 1. The van der Waals surface area contributed by atoms with Crippen LogP contribution in [-0.2, 0) is 0 Å². The van der Waals surface area contributed by atoms with Crippen molar-refractivity contribution in [2.75, 3.05) is 5.32 Å². The zero-order valence-electron chi connectivity index (χ0n) is 10.5. The van der Waals surface area contributed by atoms with E-state index in [-0.39, 0.29) is 21.8 Å². The van der Waals surface area contributed by atoms with Crippen molar-refractivity contribution in [2.24, 2.45) is 5.73 Å². The molecule has 0 aliphatic rings. The van der Waals surface area contributed by atoms with Crippen LogP contribution in [0, 0.1) is 5.82 Å². The fourth-order valence-electron chi connectivity index (χ4n) is 1.66. The molecule has 0 aromatic heterocycles. The molecule has 108 valence electrons. The van der Waals surface area contributed by atoms with Crippen molar-refractivity contribution in [1.29, 1.82) is 0 Å². The van der Waals surface area contributed by atoms with Crippen LogP contribution < -0.4 is 11.1 Å². The topological polar surface area (TPSA) is 72.2 Å². The molecule has 2 rings (SSSR count). The number of amides is 2. The maximum atomic E-state index is 13.3. The molecule has 0 atom stereocenters. The summed E-state index contributed by atoms with van der Waals surface area (Å²) in [6.45, 7) is 0. The highest BCUT2D eigenvalue weighted by atomic mass is 35.5. The summed E-state index contributed by atoms with van der Waals surface area (Å²) in [7, 11) is 0. The Bertz CT molecular complexity index is 735. The van der Waals surface area contributed by atoms with Crippen molar-refractivity contribution in [2.45, 2.75) is 0 Å². The van der Waals surface area contributed by atoms with E-state index in [0.29, 0.717) is 5.02 Å². The Labute approximate surface area is 129 Å². The molecule has 0 saturated carbocycles. The fraction of sp³-hybridized carbons (Fsp3) is 0. The number of primary amides is 1. The van der Waals surface area contributed by atoms with Gasteiger partial charge in [0.1, 0.15) is 5.82 Å². The highest BCUT2D eigenvalue weighted by Crippen LogP contribution is 2.22. The molecule has 2 aromatic rings. The minimum atomic E-state index is -0.923. The Morgan fingerprint density at radius 3 is 2.38 bits per heavy atom. The Morgan fingerprint density at radius 1 is 1.05 bits per heavy atom. The molecule has 0 bridgehead atoms. The second-order valence-electron chi connectivity index (χ2n) is 4.14. The van der Waals surface area contributed by atoms with Gasteiger partial charge in [0.15, 0.2) is 0 Å². The van der Waals surface area contributed by atoms with Crippen molar-refractivity contribution in [1.82, 2.24) is 0 Å². The number of halogens is 3. The molecule has 7 heteroatoms. The highest BCUT2D eigenvalue weighted by molar-refractivity contribution is 6.37. The monoisotopic (exact) mass is 326 g/mol. The number of benzene rings is 2. The summed E-state index contributed by atoms with van der Waals surface area (Å²) in [5.41, 5.74) is 5.15. The van der Waals surface area contributed by atoms with Crippen LogP contribution in [0.1, 0.15) is 20.7 Å². The lowest BCUT2D eigenvalue weighted by Crippen LogP contribution is -2.16. The number of rotatable bonds is 3. The molecule has 2 aromatic carbocycles. The van der Waals surface area contributed by atoms with Crippen LogP contribution in [0.5, 0.6) is 0 Å². The lowest BCUT2D eigenvalue weighted by atomic mass is 10.1. The van der Waals surface area contributed by atoms with E-state index in [1.807, 2.05) is 0 Å². The number of carbonyl (C=O) groups excluding carboxylic acids is 2. The highest BCUT2D eigenvalue weighted by Gasteiger charge is 2.13. The average Bonchev–Trinajstić information content (AvgIpc) is 2.40. The molecule has 4 nitrogen and oxygen atoms in total. The molecule has 0 aliphatic heterocycles. The zero-order valence-corrected chi connectivity index (χ0v) is 12.0. The normalized spacial score (nSPS) is 10.2. The summed E-state index contributed by atoms with van der Waals surface area (Å²) in [5, 5.41) is 3.08. The van der Waals surface area contributed by atoms with Gasteiger partial charge in [-0.25, -0.2) is 4.39 Å². The minimum Gasteiger partial charge on any atom is -0.366 e. The molecule has 0 fully saturated rings. The fourth-order valence-corrected chi connectivity index (χ4v) is 2.16. The maximum Gasteiger partial charge on any atom is 0.257 e. The summed E-state index contributed by atoms with van der Waals surface area (Å²) in [6.07, 6.45) is 0. The zero-order chi connectivity index (χ0) is 15.6. The number of hydrogen-bond donors (Lipinski definition) is 2. The predicted molar refractivity (Wildman–Crippen MR) is 79.3 cm³/mol. The molecule has 0 heterocycles. The van der Waals surface area contributed by atoms with E-state index in [2.05, 4.69) is 5.32 Å². The smallest absolute Gasteiger partial charge is 0.257 e. The third kappa shape index (κ3) is 3.51. The van der Waals surface area contributed by atoms with Gasteiger partial charge in [0.25, 0.3) is 11.8 Å². The maximum absolute atomic E-state index is 13.3. The average molecular weight is 327 g/mol. The predicted octanol–water partition coefficient (Wildman–Crippen LogP) is 3.48. The Hall–Kier alpha value is -2.11. The first kappa shape index (κ1) is 15.3. The van der Waals surface area contributed by atoms with E-state index < -0.39 is 17.6 Å². The van der Waals surface area contributed by atoms with Gasteiger partial charge < -0.3 is 11.1 Å². The second-order valence-corrected chi connectivity index (χ2v) is 4.98. The molecular weight excluding hydrogens is 318 g/mol. The molecule has 3 N–H and O–H groups in total. The molecule has 2 amide bonds. The van der Waals surface area contributed by atoms with E-state index in [4.69, 9.17) is 28.9 Å². The van der Waals surface area contributed by atoms with Gasteiger partial charge in [-0.1, -0.05) is 23.2 Å². The Kier molecular flexibility index (Phi) is 4.45. The van der Waals surface area contributed by atoms with E-state index in [9.17, 15) is 14.0 Å². The second kappa shape index (κ2) is 6.11. The van der Waals surface area contributed by atoms with Gasteiger partial charge in [-0.2, -0.15) is 0 Å². The van der Waals surface area contributed by atoms with Gasteiger partial charge in [0.05, 0.1) is 16.1 Å². The molecule has 0 aliphatic carbocycles. The number of carbonyl (C=O) groups is 2. The summed E-state index contributed by atoms with van der Waals surface area (Å²) in [6, 6.07) is 7.90. The van der Waals surface area contributed by atoms with E-state index in [1.165, 1.54) is 24.3 Å². The molecule has 0 unspecified atom stereocenters. The number of hydrogen-bond acceptors (Lipinski definition) is 2. The minimum absolute atomic E-state index is 0.178. The van der Waals surface area contributed by atoms with E-state index >= 15 is 0 Å². The van der Waals surface area contributed by atoms with Gasteiger partial charge in [0.2, 0.25) is 0 Å². The molecule has 21 heavy (non-hydrogen) atoms. The third-order valence-electron chi connectivity index (χ3n) is 2.67. The molecule has 0 saturated heterocycles. The quantitative estimate of drug-likeness (QED) is 0.906. The van der Waals surface area contributed by atoms with Crippen molar-refractivity contribution >= 4 is 40.7 Å². The van der Waals surface area contributed by atoms with Crippen LogP contribution in [0.4, 0.5) is 10.1 Å². The first-order chi connectivity index (χ1) is 9.88. The van der Waals surface area contributed by atoms with Crippen molar-refractivity contribution < 1.29 is 14.0 Å². The largest absolute Gasteiger partial charge is 0.366 e. The van der Waals surface area contributed by atoms with Crippen LogP contribution in [0.25, 0.3) is 0 Å². The molecule has 0 radical (unpaired) electrons. The number of anilines is 1. The van der Waals surface area contributed by atoms with Gasteiger partial charge >= 0.3 is 0 Å². The summed E-state index contributed by atoms with van der Waals surface area (Å²) in [5.74, 6) is -2.20. The van der Waals surface area contributed by atoms with E-state index in [0.717, 1.165) is 12.1 Å². The van der Waals surface area contributed by atoms with Gasteiger partial charge in [-0.3, -0.25) is 9.59 Å². The first-order valence-corrected chi connectivity index (χ1v) is 6.50. The van der Waals surface area contributed by atoms with Gasteiger partial charge in [-0.15, -0.1) is 0 Å². The van der Waals surface area contributed by atoms with Crippen LogP contribution >= 0.6 is 23.2 Å². The molecular formula is C14H9Cl2FN2O2. The number of nitrogens with two attached hydrogens (primary N) is 1. The summed E-state index contributed by atoms with van der Waals surface area (Å²) in [4.78, 5) is 23.1. The van der Waals surface area contributed by atoms with Crippen LogP contribution in [0.15, 0.2) is 36.4 Å². The lowest BCUT2D eigenvalue weighted by molar-refractivity contribution is 0.0992. The van der Waals surface area contributed by atoms with Crippen LogP contribution in [0.2, 0.25) is 10.0 Å². The third-order valence-corrected chi connectivity index (χ3v) is 3.21. The SMILES string of the molecule is NC(=O)c1cc(NC(=O)c2ccc(Cl)cc2Cl)ccc1F. The van der Waals surface area contributed by atoms with Crippen molar-refractivity contribution in [3.8, 4) is 0 Å². The van der Waals surface area contributed by atoms with E-state index in [1.54, 1.807) is 0 Å². The van der Waals surface area contributed by atoms with Crippen LogP contribution in [-0.4, -0.2) is 11.8 Å². The Balaban J connectivity index is 2.27. The summed E-state index contributed by atoms with van der Waals surface area (Å²) >= 11 is 11.7.